The second kappa shape index (κ2) is 6.23. The molecule has 1 saturated heterocycles. The van der Waals surface area contributed by atoms with Gasteiger partial charge in [0.25, 0.3) is 0 Å². The molecule has 1 aliphatic rings. The second-order valence-electron chi connectivity index (χ2n) is 4.86. The van der Waals surface area contributed by atoms with Crippen molar-refractivity contribution < 1.29 is 14.2 Å². The van der Waals surface area contributed by atoms with Crippen LogP contribution in [0.5, 0.6) is 11.5 Å². The number of hydrogen-bond donors (Lipinski definition) is 2. The molecule has 1 aromatic rings. The molecular formula is C14H22N2O3. The van der Waals surface area contributed by atoms with Gasteiger partial charge >= 0.3 is 0 Å². The quantitative estimate of drug-likeness (QED) is 0.626. The molecule has 5 nitrogen and oxygen atoms in total. The first-order chi connectivity index (χ1) is 9.21. The third kappa shape index (κ3) is 2.83. The maximum Gasteiger partial charge on any atom is 0.161 e. The van der Waals surface area contributed by atoms with E-state index in [4.69, 9.17) is 20.1 Å². The fourth-order valence-corrected chi connectivity index (χ4v) is 2.57. The Labute approximate surface area is 114 Å². The highest BCUT2D eigenvalue weighted by Gasteiger charge is 2.32. The van der Waals surface area contributed by atoms with Crippen LogP contribution in [0, 0.1) is 5.92 Å². The average Bonchev–Trinajstić information content (AvgIpc) is 2.86. The fraction of sp³-hybridized carbons (Fsp3) is 0.571. The van der Waals surface area contributed by atoms with Crippen molar-refractivity contribution in [2.75, 3.05) is 20.8 Å². The highest BCUT2D eigenvalue weighted by atomic mass is 16.5. The van der Waals surface area contributed by atoms with E-state index in [0.717, 1.165) is 18.6 Å². The number of rotatable bonds is 5. The van der Waals surface area contributed by atoms with Crippen molar-refractivity contribution in [1.82, 2.24) is 5.43 Å². The Morgan fingerprint density at radius 1 is 1.32 bits per heavy atom. The summed E-state index contributed by atoms with van der Waals surface area (Å²) in [7, 11) is 3.25. The molecule has 5 heteroatoms. The Bertz CT molecular complexity index is 425. The van der Waals surface area contributed by atoms with Crippen LogP contribution in [-0.2, 0) is 4.74 Å². The lowest BCUT2D eigenvalue weighted by Gasteiger charge is -2.26. The van der Waals surface area contributed by atoms with Crippen LogP contribution >= 0.6 is 0 Å². The van der Waals surface area contributed by atoms with Crippen LogP contribution in [0.2, 0.25) is 0 Å². The largest absolute Gasteiger partial charge is 0.493 e. The molecule has 19 heavy (non-hydrogen) atoms. The van der Waals surface area contributed by atoms with Crippen molar-refractivity contribution in [2.24, 2.45) is 11.8 Å². The van der Waals surface area contributed by atoms with Crippen LogP contribution in [0.1, 0.15) is 24.9 Å². The lowest BCUT2D eigenvalue weighted by Crippen LogP contribution is -2.38. The van der Waals surface area contributed by atoms with Crippen LogP contribution in [0.15, 0.2) is 18.2 Å². The number of methoxy groups -OCH3 is 2. The Balaban J connectivity index is 2.27. The summed E-state index contributed by atoms with van der Waals surface area (Å²) in [5.41, 5.74) is 3.90. The predicted octanol–water partition coefficient (Wildman–Crippen LogP) is 1.63. The van der Waals surface area contributed by atoms with Crippen molar-refractivity contribution in [3.63, 3.8) is 0 Å². The molecule has 0 amide bonds. The first-order valence-corrected chi connectivity index (χ1v) is 6.51. The van der Waals surface area contributed by atoms with Crippen LogP contribution in [-0.4, -0.2) is 26.9 Å². The third-order valence-electron chi connectivity index (χ3n) is 3.72. The molecule has 106 valence electrons. The third-order valence-corrected chi connectivity index (χ3v) is 3.72. The van der Waals surface area contributed by atoms with E-state index >= 15 is 0 Å². The molecule has 3 N–H and O–H groups in total. The summed E-state index contributed by atoms with van der Waals surface area (Å²) in [6, 6.07) is 5.77. The van der Waals surface area contributed by atoms with Gasteiger partial charge in [0, 0.05) is 6.61 Å². The van der Waals surface area contributed by atoms with Gasteiger partial charge in [-0.1, -0.05) is 13.0 Å². The van der Waals surface area contributed by atoms with Crippen LogP contribution in [0.25, 0.3) is 0 Å². The molecule has 1 aliphatic heterocycles. The van der Waals surface area contributed by atoms with Crippen molar-refractivity contribution in [1.29, 1.82) is 0 Å². The Hall–Kier alpha value is -1.30. The summed E-state index contributed by atoms with van der Waals surface area (Å²) in [5.74, 6) is 7.60. The second-order valence-corrected chi connectivity index (χ2v) is 4.86. The summed E-state index contributed by atoms with van der Waals surface area (Å²) >= 11 is 0. The first-order valence-electron chi connectivity index (χ1n) is 6.51. The topological polar surface area (TPSA) is 65.7 Å². The molecule has 0 radical (unpaired) electrons. The number of hydrazine groups is 1. The van der Waals surface area contributed by atoms with Gasteiger partial charge in [0.05, 0.1) is 26.4 Å². The summed E-state index contributed by atoms with van der Waals surface area (Å²) in [6.07, 6.45) is 1.15. The molecule has 1 heterocycles. The van der Waals surface area contributed by atoms with Crippen molar-refractivity contribution in [3.8, 4) is 11.5 Å². The fourth-order valence-electron chi connectivity index (χ4n) is 2.57. The van der Waals surface area contributed by atoms with E-state index in [2.05, 4.69) is 12.3 Å². The van der Waals surface area contributed by atoms with Crippen molar-refractivity contribution in [3.05, 3.63) is 23.8 Å². The minimum Gasteiger partial charge on any atom is -0.493 e. The summed E-state index contributed by atoms with van der Waals surface area (Å²) < 4.78 is 16.4. The summed E-state index contributed by atoms with van der Waals surface area (Å²) in [6.45, 7) is 2.97. The molecule has 2 rings (SSSR count). The van der Waals surface area contributed by atoms with E-state index in [9.17, 15) is 0 Å². The number of ether oxygens (including phenoxy) is 3. The monoisotopic (exact) mass is 266 g/mol. The molecule has 3 unspecified atom stereocenters. The van der Waals surface area contributed by atoms with E-state index in [1.165, 1.54) is 0 Å². The Morgan fingerprint density at radius 2 is 2.05 bits per heavy atom. The predicted molar refractivity (Wildman–Crippen MR) is 73.1 cm³/mol. The SMILES string of the molecule is COc1ccc(C(NN)C2OCCC2C)cc1OC. The highest BCUT2D eigenvalue weighted by molar-refractivity contribution is 5.44. The molecule has 3 atom stereocenters. The smallest absolute Gasteiger partial charge is 0.161 e. The minimum atomic E-state index is -0.0442. The van der Waals surface area contributed by atoms with Crippen molar-refractivity contribution >= 4 is 0 Å². The summed E-state index contributed by atoms with van der Waals surface area (Å²) in [5, 5.41) is 0. The zero-order chi connectivity index (χ0) is 13.8. The van der Waals surface area contributed by atoms with Gasteiger partial charge in [-0.05, 0) is 30.0 Å². The maximum atomic E-state index is 5.79. The van der Waals surface area contributed by atoms with Crippen LogP contribution < -0.4 is 20.7 Å². The number of nitrogens with one attached hydrogen (secondary N) is 1. The number of nitrogens with two attached hydrogens (primary N) is 1. The van der Waals surface area contributed by atoms with Gasteiger partial charge in [-0.3, -0.25) is 11.3 Å². The molecule has 1 aromatic carbocycles. The molecule has 0 saturated carbocycles. The molecule has 1 fully saturated rings. The molecule has 0 aliphatic carbocycles. The van der Waals surface area contributed by atoms with Gasteiger partial charge in [-0.15, -0.1) is 0 Å². The van der Waals surface area contributed by atoms with Crippen molar-refractivity contribution in [2.45, 2.75) is 25.5 Å². The maximum absolute atomic E-state index is 5.79. The normalized spacial score (nSPS) is 24.2. The standard InChI is InChI=1S/C14H22N2O3/c1-9-6-7-19-14(9)13(16-15)10-4-5-11(17-2)12(8-10)18-3/h4-5,8-9,13-14,16H,6-7,15H2,1-3H3. The zero-order valence-corrected chi connectivity index (χ0v) is 11.7. The zero-order valence-electron chi connectivity index (χ0n) is 11.7. The van der Waals surface area contributed by atoms with Gasteiger partial charge in [0.15, 0.2) is 11.5 Å². The van der Waals surface area contributed by atoms with E-state index in [-0.39, 0.29) is 12.1 Å². The molecular weight excluding hydrogens is 244 g/mol. The Kier molecular flexibility index (Phi) is 4.63. The van der Waals surface area contributed by atoms with Gasteiger partial charge < -0.3 is 14.2 Å². The van der Waals surface area contributed by atoms with E-state index < -0.39 is 0 Å². The van der Waals surface area contributed by atoms with E-state index in [0.29, 0.717) is 17.4 Å². The van der Waals surface area contributed by atoms with Gasteiger partial charge in [-0.2, -0.15) is 0 Å². The summed E-state index contributed by atoms with van der Waals surface area (Å²) in [4.78, 5) is 0. The Morgan fingerprint density at radius 3 is 2.58 bits per heavy atom. The van der Waals surface area contributed by atoms with Gasteiger partial charge in [0.1, 0.15) is 0 Å². The lowest BCUT2D eigenvalue weighted by atomic mass is 9.93. The molecule has 0 aromatic heterocycles. The number of benzene rings is 1. The van der Waals surface area contributed by atoms with Gasteiger partial charge in [-0.25, -0.2) is 0 Å². The number of hydrogen-bond acceptors (Lipinski definition) is 5. The van der Waals surface area contributed by atoms with Crippen LogP contribution in [0.3, 0.4) is 0 Å². The van der Waals surface area contributed by atoms with Crippen LogP contribution in [0.4, 0.5) is 0 Å². The highest BCUT2D eigenvalue weighted by Crippen LogP contribution is 2.35. The molecule has 0 spiro atoms. The minimum absolute atomic E-state index is 0.0442. The average molecular weight is 266 g/mol. The van der Waals surface area contributed by atoms with E-state index in [1.807, 2.05) is 18.2 Å². The first kappa shape index (κ1) is 14.1. The van der Waals surface area contributed by atoms with Gasteiger partial charge in [0.2, 0.25) is 0 Å². The lowest BCUT2D eigenvalue weighted by molar-refractivity contribution is 0.0606. The van der Waals surface area contributed by atoms with E-state index in [1.54, 1.807) is 14.2 Å². The molecule has 0 bridgehead atoms.